The van der Waals surface area contributed by atoms with Crippen LogP contribution in [0.15, 0.2) is 24.3 Å². The summed E-state index contributed by atoms with van der Waals surface area (Å²) in [5.74, 6) is 4.82. The molecule has 0 aliphatic rings. The van der Waals surface area contributed by atoms with Crippen molar-refractivity contribution in [2.24, 2.45) is 5.84 Å². The highest BCUT2D eigenvalue weighted by Crippen LogP contribution is 2.06. The average molecular weight is 181 g/mol. The van der Waals surface area contributed by atoms with E-state index in [0.29, 0.717) is 5.69 Å². The molecule has 1 aromatic carbocycles. The van der Waals surface area contributed by atoms with Gasteiger partial charge in [-0.1, -0.05) is 12.1 Å². The molecule has 0 radical (unpaired) electrons. The molecule has 0 aromatic heterocycles. The second-order valence-corrected chi connectivity index (χ2v) is 2.46. The molecular weight excluding hydrogens is 170 g/mol. The molecule has 70 valence electrons. The fourth-order valence-electron chi connectivity index (χ4n) is 0.804. The Morgan fingerprint density at radius 1 is 1.38 bits per heavy atom. The Balaban J connectivity index is 2.46. The lowest BCUT2D eigenvalue weighted by Crippen LogP contribution is -2.30. The van der Waals surface area contributed by atoms with E-state index < -0.39 is 6.09 Å². The number of nitrogen functional groups attached to an aromatic ring is 1. The highest BCUT2D eigenvalue weighted by Gasteiger charge is 1.98. The first kappa shape index (κ1) is 9.34. The first-order chi connectivity index (χ1) is 6.22. The van der Waals surface area contributed by atoms with Crippen LogP contribution in [0.5, 0.6) is 0 Å². The van der Waals surface area contributed by atoms with E-state index in [0.717, 1.165) is 5.56 Å². The van der Waals surface area contributed by atoms with Crippen LogP contribution in [0.4, 0.5) is 10.5 Å². The molecule has 0 atom stereocenters. The molecule has 0 heterocycles. The topological polar surface area (TPSA) is 90.4 Å². The highest BCUT2D eigenvalue weighted by molar-refractivity contribution is 5.66. The lowest BCUT2D eigenvalue weighted by Gasteiger charge is -2.03. The van der Waals surface area contributed by atoms with Crippen LogP contribution in [0.2, 0.25) is 0 Å². The first-order valence-electron chi connectivity index (χ1n) is 3.70. The molecule has 0 bridgehead atoms. The van der Waals surface area contributed by atoms with Gasteiger partial charge in [0.05, 0.1) is 0 Å². The number of nitrogens with two attached hydrogens (primary N) is 2. The van der Waals surface area contributed by atoms with Gasteiger partial charge in [0, 0.05) is 5.69 Å². The second-order valence-electron chi connectivity index (χ2n) is 2.46. The third-order valence-electron chi connectivity index (χ3n) is 1.47. The molecule has 1 rings (SSSR count). The van der Waals surface area contributed by atoms with Crippen molar-refractivity contribution in [3.05, 3.63) is 29.8 Å². The van der Waals surface area contributed by atoms with Crippen molar-refractivity contribution >= 4 is 11.8 Å². The Kier molecular flexibility index (Phi) is 3.10. The summed E-state index contributed by atoms with van der Waals surface area (Å²) in [7, 11) is 0. The summed E-state index contributed by atoms with van der Waals surface area (Å²) in [5, 5.41) is 0. The SMILES string of the molecule is NNC(=O)OCc1ccc(N)cc1. The standard InChI is InChI=1S/C8H11N3O2/c9-7-3-1-6(2-4-7)5-13-8(12)11-10/h1-4H,5,9-10H2,(H,11,12). The molecule has 0 spiro atoms. The van der Waals surface area contributed by atoms with Gasteiger partial charge < -0.3 is 10.5 Å². The fraction of sp³-hybridized carbons (Fsp3) is 0.125. The number of anilines is 1. The van der Waals surface area contributed by atoms with Crippen LogP contribution in [-0.2, 0) is 11.3 Å². The summed E-state index contributed by atoms with van der Waals surface area (Å²) < 4.78 is 4.70. The zero-order valence-corrected chi connectivity index (χ0v) is 6.99. The van der Waals surface area contributed by atoms with Crippen LogP contribution < -0.4 is 17.0 Å². The summed E-state index contributed by atoms with van der Waals surface area (Å²) in [5.41, 5.74) is 8.86. The van der Waals surface area contributed by atoms with E-state index in [-0.39, 0.29) is 6.61 Å². The summed E-state index contributed by atoms with van der Waals surface area (Å²) in [6.45, 7) is 0.184. The number of hydrogen-bond acceptors (Lipinski definition) is 4. The van der Waals surface area contributed by atoms with E-state index in [9.17, 15) is 4.79 Å². The maximum atomic E-state index is 10.6. The molecule has 1 amide bonds. The first-order valence-corrected chi connectivity index (χ1v) is 3.70. The van der Waals surface area contributed by atoms with Crippen molar-refractivity contribution in [3.63, 3.8) is 0 Å². The third kappa shape index (κ3) is 3.00. The van der Waals surface area contributed by atoms with Gasteiger partial charge >= 0.3 is 6.09 Å². The molecule has 0 aliphatic carbocycles. The number of benzene rings is 1. The molecule has 5 heteroatoms. The van der Waals surface area contributed by atoms with Crippen LogP contribution in [0.25, 0.3) is 0 Å². The predicted octanol–water partition coefficient (Wildman–Crippen LogP) is 0.369. The van der Waals surface area contributed by atoms with E-state index in [2.05, 4.69) is 0 Å². The lowest BCUT2D eigenvalue weighted by molar-refractivity contribution is 0.140. The summed E-state index contributed by atoms with van der Waals surface area (Å²) in [6.07, 6.45) is -0.656. The number of hydrogen-bond donors (Lipinski definition) is 3. The van der Waals surface area contributed by atoms with Gasteiger partial charge in [-0.15, -0.1) is 0 Å². The molecule has 0 fully saturated rings. The van der Waals surface area contributed by atoms with Gasteiger partial charge in [-0.3, -0.25) is 5.43 Å². The van der Waals surface area contributed by atoms with Gasteiger partial charge in [-0.05, 0) is 17.7 Å². The summed E-state index contributed by atoms with van der Waals surface area (Å²) >= 11 is 0. The smallest absolute Gasteiger partial charge is 0.421 e. The Morgan fingerprint density at radius 2 is 2.00 bits per heavy atom. The van der Waals surface area contributed by atoms with Crippen LogP contribution in [-0.4, -0.2) is 6.09 Å². The minimum Gasteiger partial charge on any atom is -0.444 e. The van der Waals surface area contributed by atoms with Gasteiger partial charge in [0.15, 0.2) is 0 Å². The van der Waals surface area contributed by atoms with E-state index in [1.807, 2.05) is 5.43 Å². The van der Waals surface area contributed by atoms with E-state index in [1.165, 1.54) is 0 Å². The zero-order valence-electron chi connectivity index (χ0n) is 6.99. The number of rotatable bonds is 2. The lowest BCUT2D eigenvalue weighted by atomic mass is 10.2. The molecular formula is C8H11N3O2. The Hall–Kier alpha value is -1.75. The largest absolute Gasteiger partial charge is 0.444 e. The van der Waals surface area contributed by atoms with Crippen molar-refractivity contribution < 1.29 is 9.53 Å². The van der Waals surface area contributed by atoms with Crippen molar-refractivity contribution in [1.82, 2.24) is 5.43 Å². The minimum atomic E-state index is -0.656. The number of carbonyl (C=O) groups is 1. The van der Waals surface area contributed by atoms with E-state index >= 15 is 0 Å². The maximum absolute atomic E-state index is 10.6. The summed E-state index contributed by atoms with van der Waals surface area (Å²) in [6, 6.07) is 7.02. The van der Waals surface area contributed by atoms with Crippen LogP contribution in [0, 0.1) is 0 Å². The van der Waals surface area contributed by atoms with Crippen molar-refractivity contribution in [2.75, 3.05) is 5.73 Å². The monoisotopic (exact) mass is 181 g/mol. The zero-order chi connectivity index (χ0) is 9.68. The van der Waals surface area contributed by atoms with Gasteiger partial charge in [-0.25, -0.2) is 10.6 Å². The molecule has 0 aliphatic heterocycles. The summed E-state index contributed by atoms with van der Waals surface area (Å²) in [4.78, 5) is 10.6. The minimum absolute atomic E-state index is 0.184. The van der Waals surface area contributed by atoms with Gasteiger partial charge in [-0.2, -0.15) is 0 Å². The van der Waals surface area contributed by atoms with Gasteiger partial charge in [0.1, 0.15) is 6.61 Å². The van der Waals surface area contributed by atoms with Gasteiger partial charge in [0.25, 0.3) is 0 Å². The highest BCUT2D eigenvalue weighted by atomic mass is 16.5. The van der Waals surface area contributed by atoms with Crippen LogP contribution in [0.1, 0.15) is 5.56 Å². The molecule has 13 heavy (non-hydrogen) atoms. The number of hydrazine groups is 1. The second kappa shape index (κ2) is 4.32. The van der Waals surface area contributed by atoms with Gasteiger partial charge in [0.2, 0.25) is 0 Å². The Morgan fingerprint density at radius 3 is 2.54 bits per heavy atom. The van der Waals surface area contributed by atoms with Crippen LogP contribution >= 0.6 is 0 Å². The molecule has 1 aromatic rings. The third-order valence-corrected chi connectivity index (χ3v) is 1.47. The number of amides is 1. The maximum Gasteiger partial charge on any atom is 0.421 e. The number of carbonyl (C=O) groups excluding carboxylic acids is 1. The Labute approximate surface area is 75.6 Å². The van der Waals surface area contributed by atoms with E-state index in [4.69, 9.17) is 16.3 Å². The van der Waals surface area contributed by atoms with Crippen molar-refractivity contribution in [2.45, 2.75) is 6.61 Å². The normalized spacial score (nSPS) is 9.31. The molecule has 0 saturated carbocycles. The Bertz CT molecular complexity index is 284. The average Bonchev–Trinajstić information content (AvgIpc) is 2.16. The van der Waals surface area contributed by atoms with E-state index in [1.54, 1.807) is 24.3 Å². The van der Waals surface area contributed by atoms with Crippen LogP contribution in [0.3, 0.4) is 0 Å². The number of nitrogens with one attached hydrogen (secondary N) is 1. The number of ether oxygens (including phenoxy) is 1. The van der Waals surface area contributed by atoms with Crippen molar-refractivity contribution in [3.8, 4) is 0 Å². The molecule has 5 nitrogen and oxygen atoms in total. The van der Waals surface area contributed by atoms with Crippen molar-refractivity contribution in [1.29, 1.82) is 0 Å². The predicted molar refractivity (Wildman–Crippen MR) is 48.4 cm³/mol. The molecule has 5 N–H and O–H groups in total. The molecule has 0 saturated heterocycles. The fourth-order valence-corrected chi connectivity index (χ4v) is 0.804. The molecule has 0 unspecified atom stereocenters. The quantitative estimate of drug-likeness (QED) is 0.266.